The van der Waals surface area contributed by atoms with Crippen LogP contribution in [0.15, 0.2) is 12.7 Å². The molecule has 1 aliphatic heterocycles. The van der Waals surface area contributed by atoms with E-state index in [1.165, 1.54) is 9.80 Å². The highest BCUT2D eigenvalue weighted by Gasteiger charge is 2.27. The maximum absolute atomic E-state index is 11.3. The number of urea groups is 1. The summed E-state index contributed by atoms with van der Waals surface area (Å²) in [5.74, 6) is -0.0336. The van der Waals surface area contributed by atoms with Crippen molar-refractivity contribution in [2.75, 3.05) is 26.8 Å². The molecule has 0 aliphatic carbocycles. The first kappa shape index (κ1) is 9.57. The lowest BCUT2D eigenvalue weighted by molar-refractivity contribution is -0.125. The molecule has 1 N–H and O–H groups in total. The minimum absolute atomic E-state index is 0.0336. The summed E-state index contributed by atoms with van der Waals surface area (Å²) in [5.41, 5.74) is 0. The van der Waals surface area contributed by atoms with E-state index >= 15 is 0 Å². The van der Waals surface area contributed by atoms with Crippen LogP contribution in [0.4, 0.5) is 4.79 Å². The number of hydrogen-bond acceptors (Lipinski definition) is 2. The van der Waals surface area contributed by atoms with Crippen molar-refractivity contribution >= 4 is 11.9 Å². The van der Waals surface area contributed by atoms with Crippen LogP contribution in [0.5, 0.6) is 0 Å². The van der Waals surface area contributed by atoms with Gasteiger partial charge >= 0.3 is 6.03 Å². The van der Waals surface area contributed by atoms with Crippen molar-refractivity contribution < 1.29 is 9.59 Å². The first-order valence-corrected chi connectivity index (χ1v) is 4.02. The minimum Gasteiger partial charge on any atom is -0.334 e. The molecule has 1 fully saturated rings. The van der Waals surface area contributed by atoms with Gasteiger partial charge in [0.25, 0.3) is 0 Å². The molecule has 0 bridgehead atoms. The molecule has 5 heteroatoms. The highest BCUT2D eigenvalue weighted by atomic mass is 16.2. The Bertz CT molecular complexity index is 240. The van der Waals surface area contributed by atoms with E-state index < -0.39 is 0 Å². The highest BCUT2D eigenvalue weighted by molar-refractivity contribution is 5.86. The fourth-order valence-electron chi connectivity index (χ4n) is 1.08. The lowest BCUT2D eigenvalue weighted by Crippen LogP contribution is -2.39. The third-order valence-electron chi connectivity index (χ3n) is 1.82. The van der Waals surface area contributed by atoms with Gasteiger partial charge in [0.15, 0.2) is 0 Å². The smallest absolute Gasteiger partial charge is 0.319 e. The summed E-state index contributed by atoms with van der Waals surface area (Å²) < 4.78 is 0. The molecule has 0 spiro atoms. The van der Waals surface area contributed by atoms with Gasteiger partial charge in [-0.3, -0.25) is 9.69 Å². The van der Waals surface area contributed by atoms with Gasteiger partial charge in [0.05, 0.1) is 6.67 Å². The van der Waals surface area contributed by atoms with Gasteiger partial charge < -0.3 is 10.2 Å². The summed E-state index contributed by atoms with van der Waals surface area (Å²) in [6.07, 6.45) is 1.60. The van der Waals surface area contributed by atoms with E-state index in [9.17, 15) is 9.59 Å². The Morgan fingerprint density at radius 1 is 1.77 bits per heavy atom. The van der Waals surface area contributed by atoms with E-state index in [-0.39, 0.29) is 18.5 Å². The number of nitrogens with zero attached hydrogens (tertiary/aromatic N) is 2. The van der Waals surface area contributed by atoms with Crippen LogP contribution in [0.25, 0.3) is 0 Å². The van der Waals surface area contributed by atoms with Crippen molar-refractivity contribution in [1.82, 2.24) is 15.1 Å². The molecule has 72 valence electrons. The van der Waals surface area contributed by atoms with Crippen molar-refractivity contribution in [2.45, 2.75) is 0 Å². The SMILES string of the molecule is C=CCNC(=O)N1CC(=O)N(C)C1. The topological polar surface area (TPSA) is 52.7 Å². The largest absolute Gasteiger partial charge is 0.334 e. The zero-order valence-corrected chi connectivity index (χ0v) is 7.62. The third-order valence-corrected chi connectivity index (χ3v) is 1.82. The van der Waals surface area contributed by atoms with Crippen molar-refractivity contribution in [3.8, 4) is 0 Å². The van der Waals surface area contributed by atoms with Gasteiger partial charge in [0, 0.05) is 13.6 Å². The normalized spacial score (nSPS) is 16.2. The predicted octanol–water partition coefficient (Wildman–Crippen LogP) is -0.386. The second-order valence-corrected chi connectivity index (χ2v) is 2.91. The van der Waals surface area contributed by atoms with E-state index in [0.29, 0.717) is 13.2 Å². The van der Waals surface area contributed by atoms with E-state index in [1.54, 1.807) is 13.1 Å². The van der Waals surface area contributed by atoms with E-state index in [0.717, 1.165) is 0 Å². The molecule has 1 saturated heterocycles. The molecule has 13 heavy (non-hydrogen) atoms. The van der Waals surface area contributed by atoms with Crippen molar-refractivity contribution in [2.24, 2.45) is 0 Å². The zero-order chi connectivity index (χ0) is 9.84. The quantitative estimate of drug-likeness (QED) is 0.593. The molecule has 1 heterocycles. The Hall–Kier alpha value is -1.52. The van der Waals surface area contributed by atoms with E-state index in [1.807, 2.05) is 0 Å². The molecular formula is C8H13N3O2. The number of rotatable bonds is 2. The van der Waals surface area contributed by atoms with Crippen molar-refractivity contribution in [1.29, 1.82) is 0 Å². The molecule has 0 aromatic rings. The monoisotopic (exact) mass is 183 g/mol. The molecule has 0 aromatic carbocycles. The summed E-state index contributed by atoms with van der Waals surface area (Å²) in [7, 11) is 1.67. The second-order valence-electron chi connectivity index (χ2n) is 2.91. The molecule has 5 nitrogen and oxygen atoms in total. The van der Waals surface area contributed by atoms with Crippen LogP contribution >= 0.6 is 0 Å². The van der Waals surface area contributed by atoms with Crippen LogP contribution < -0.4 is 5.32 Å². The van der Waals surface area contributed by atoms with Gasteiger partial charge in [-0.15, -0.1) is 6.58 Å². The molecule has 1 rings (SSSR count). The molecule has 0 aromatic heterocycles. The van der Waals surface area contributed by atoms with Crippen LogP contribution in [0, 0.1) is 0 Å². The Morgan fingerprint density at radius 2 is 2.46 bits per heavy atom. The number of amides is 3. The fourth-order valence-corrected chi connectivity index (χ4v) is 1.08. The van der Waals surface area contributed by atoms with Crippen molar-refractivity contribution in [3.63, 3.8) is 0 Å². The van der Waals surface area contributed by atoms with Gasteiger partial charge in [-0.1, -0.05) is 6.08 Å². The van der Waals surface area contributed by atoms with Crippen molar-refractivity contribution in [3.05, 3.63) is 12.7 Å². The molecule has 1 aliphatic rings. The van der Waals surface area contributed by atoms with Crippen LogP contribution in [-0.4, -0.2) is 48.5 Å². The lowest BCUT2D eigenvalue weighted by atomic mass is 10.5. The average molecular weight is 183 g/mol. The number of hydrogen-bond donors (Lipinski definition) is 1. The highest BCUT2D eigenvalue weighted by Crippen LogP contribution is 2.03. The Kier molecular flexibility index (Phi) is 2.89. The van der Waals surface area contributed by atoms with Crippen LogP contribution in [-0.2, 0) is 4.79 Å². The number of carbonyl (C=O) groups excluding carboxylic acids is 2. The van der Waals surface area contributed by atoms with Crippen LogP contribution in [0.1, 0.15) is 0 Å². The fraction of sp³-hybridized carbons (Fsp3) is 0.500. The molecule has 0 radical (unpaired) electrons. The summed E-state index contributed by atoms with van der Waals surface area (Å²) in [6, 6.07) is -0.224. The molecular weight excluding hydrogens is 170 g/mol. The Balaban J connectivity index is 2.41. The summed E-state index contributed by atoms with van der Waals surface area (Å²) >= 11 is 0. The second kappa shape index (κ2) is 3.93. The number of nitrogens with one attached hydrogen (secondary N) is 1. The lowest BCUT2D eigenvalue weighted by Gasteiger charge is -2.14. The van der Waals surface area contributed by atoms with Gasteiger partial charge in [0.2, 0.25) is 5.91 Å². The number of likely N-dealkylation sites (N-methyl/N-ethyl adjacent to an activating group) is 1. The first-order chi connectivity index (χ1) is 6.15. The standard InChI is InChI=1S/C8H13N3O2/c1-3-4-9-8(13)11-5-7(12)10(2)6-11/h3H,1,4-6H2,2H3,(H,9,13). The number of carbonyl (C=O) groups is 2. The molecule has 0 unspecified atom stereocenters. The average Bonchev–Trinajstić information content (AvgIpc) is 2.43. The summed E-state index contributed by atoms with van der Waals surface area (Å²) in [4.78, 5) is 25.3. The van der Waals surface area contributed by atoms with Gasteiger partial charge in [-0.05, 0) is 0 Å². The van der Waals surface area contributed by atoms with E-state index in [4.69, 9.17) is 0 Å². The van der Waals surface area contributed by atoms with Crippen LogP contribution in [0.2, 0.25) is 0 Å². The Labute approximate surface area is 77.0 Å². The minimum atomic E-state index is -0.224. The van der Waals surface area contributed by atoms with E-state index in [2.05, 4.69) is 11.9 Å². The molecule has 0 saturated carbocycles. The van der Waals surface area contributed by atoms with Crippen LogP contribution in [0.3, 0.4) is 0 Å². The molecule has 3 amide bonds. The first-order valence-electron chi connectivity index (χ1n) is 4.02. The van der Waals surface area contributed by atoms with Gasteiger partial charge in [-0.2, -0.15) is 0 Å². The summed E-state index contributed by atoms with van der Waals surface area (Å²) in [6.45, 7) is 4.43. The van der Waals surface area contributed by atoms with Gasteiger partial charge in [0.1, 0.15) is 6.54 Å². The third kappa shape index (κ3) is 2.21. The predicted molar refractivity (Wildman–Crippen MR) is 47.9 cm³/mol. The Morgan fingerprint density at radius 3 is 2.92 bits per heavy atom. The molecule has 0 atom stereocenters. The summed E-state index contributed by atoms with van der Waals surface area (Å²) in [5, 5.41) is 2.61. The maximum atomic E-state index is 11.3. The van der Waals surface area contributed by atoms with Gasteiger partial charge in [-0.25, -0.2) is 4.79 Å². The zero-order valence-electron chi connectivity index (χ0n) is 7.62. The maximum Gasteiger partial charge on any atom is 0.319 e.